The summed E-state index contributed by atoms with van der Waals surface area (Å²) < 4.78 is 24.7. The van der Waals surface area contributed by atoms with Crippen LogP contribution in [0.5, 0.6) is 0 Å². The molecule has 0 aliphatic heterocycles. The number of rotatable bonds is 2. The van der Waals surface area contributed by atoms with Gasteiger partial charge in [-0.15, -0.1) is 0 Å². The van der Waals surface area contributed by atoms with Crippen LogP contribution in [0.1, 0.15) is 33.6 Å². The van der Waals surface area contributed by atoms with Gasteiger partial charge in [0, 0.05) is 23.0 Å². The maximum atomic E-state index is 12.3. The molecular weight excluding hydrogens is 176 g/mol. The minimum atomic E-state index is -2.65. The van der Waals surface area contributed by atoms with Crippen molar-refractivity contribution >= 4 is 6.29 Å². The molecule has 0 aliphatic carbocycles. The maximum absolute atomic E-state index is 12.3. The third kappa shape index (κ3) is 1.71. The smallest absolute Gasteiger partial charge is 0.266 e. The highest BCUT2D eigenvalue weighted by atomic mass is 19.3. The van der Waals surface area contributed by atoms with Crippen LogP contribution in [-0.4, -0.2) is 11.3 Å². The molecule has 2 nitrogen and oxygen atoms in total. The topological polar surface area (TPSA) is 30.0 Å². The number of alkyl halides is 2. The Kier molecular flexibility index (Phi) is 2.70. The lowest BCUT2D eigenvalue weighted by Gasteiger charge is -2.07. The van der Waals surface area contributed by atoms with E-state index in [4.69, 9.17) is 0 Å². The van der Waals surface area contributed by atoms with Crippen LogP contribution >= 0.6 is 0 Å². The first-order valence-corrected chi connectivity index (χ1v) is 3.77. The van der Waals surface area contributed by atoms with E-state index in [1.54, 1.807) is 13.8 Å². The van der Waals surface area contributed by atoms with Crippen molar-refractivity contribution in [1.29, 1.82) is 0 Å². The van der Waals surface area contributed by atoms with Gasteiger partial charge >= 0.3 is 0 Å². The van der Waals surface area contributed by atoms with Crippen molar-refractivity contribution in [1.82, 2.24) is 4.98 Å². The average molecular weight is 185 g/mol. The minimum Gasteiger partial charge on any atom is -0.298 e. The van der Waals surface area contributed by atoms with Gasteiger partial charge in [0.15, 0.2) is 6.29 Å². The van der Waals surface area contributed by atoms with Gasteiger partial charge in [0.25, 0.3) is 6.43 Å². The number of aryl methyl sites for hydroxylation is 1. The van der Waals surface area contributed by atoms with Crippen LogP contribution < -0.4 is 0 Å². The number of pyridine rings is 1. The molecule has 0 saturated carbocycles. The third-order valence-electron chi connectivity index (χ3n) is 2.01. The SMILES string of the molecule is Cc1ncc(C(F)F)c(C=O)c1C. The number of nitrogens with zero attached hydrogens (tertiary/aromatic N) is 1. The van der Waals surface area contributed by atoms with E-state index in [2.05, 4.69) is 4.98 Å². The summed E-state index contributed by atoms with van der Waals surface area (Å²) in [4.78, 5) is 14.3. The van der Waals surface area contributed by atoms with Gasteiger partial charge < -0.3 is 0 Å². The number of carbonyl (C=O) groups excluding carboxylic acids is 1. The summed E-state index contributed by atoms with van der Waals surface area (Å²) in [5.41, 5.74) is 0.889. The Bertz CT molecular complexity index is 337. The molecule has 70 valence electrons. The normalized spacial score (nSPS) is 10.5. The van der Waals surface area contributed by atoms with Crippen molar-refractivity contribution in [2.24, 2.45) is 0 Å². The van der Waals surface area contributed by atoms with Gasteiger partial charge in [-0.25, -0.2) is 8.78 Å². The van der Waals surface area contributed by atoms with Gasteiger partial charge in [0.05, 0.1) is 0 Å². The van der Waals surface area contributed by atoms with E-state index in [1.165, 1.54) is 0 Å². The number of halogens is 2. The van der Waals surface area contributed by atoms with E-state index >= 15 is 0 Å². The van der Waals surface area contributed by atoms with Gasteiger partial charge in [-0.3, -0.25) is 9.78 Å². The van der Waals surface area contributed by atoms with E-state index < -0.39 is 6.43 Å². The molecule has 1 rings (SSSR count). The van der Waals surface area contributed by atoms with Crippen molar-refractivity contribution in [3.05, 3.63) is 28.6 Å². The van der Waals surface area contributed by atoms with Crippen LogP contribution in [0, 0.1) is 13.8 Å². The predicted molar refractivity (Wildman–Crippen MR) is 44.1 cm³/mol. The van der Waals surface area contributed by atoms with Gasteiger partial charge in [0.1, 0.15) is 0 Å². The molecule has 1 aromatic heterocycles. The standard InChI is InChI=1S/C9H9F2NO/c1-5-6(2)12-3-7(9(10)11)8(5)4-13/h3-4,9H,1-2H3. The Labute approximate surface area is 74.6 Å². The van der Waals surface area contributed by atoms with Crippen molar-refractivity contribution in [2.45, 2.75) is 20.3 Å². The minimum absolute atomic E-state index is 0.0579. The molecular formula is C9H9F2NO. The third-order valence-corrected chi connectivity index (χ3v) is 2.01. The lowest BCUT2D eigenvalue weighted by Crippen LogP contribution is -2.01. The first-order chi connectivity index (χ1) is 6.07. The lowest BCUT2D eigenvalue weighted by molar-refractivity contribution is 0.110. The van der Waals surface area contributed by atoms with Crippen molar-refractivity contribution < 1.29 is 13.6 Å². The van der Waals surface area contributed by atoms with Gasteiger partial charge in [-0.1, -0.05) is 0 Å². The molecule has 0 bridgehead atoms. The second kappa shape index (κ2) is 3.60. The fourth-order valence-corrected chi connectivity index (χ4v) is 1.07. The fraction of sp³-hybridized carbons (Fsp3) is 0.333. The van der Waals surface area contributed by atoms with Crippen LogP contribution in [0.2, 0.25) is 0 Å². The molecule has 0 unspecified atom stereocenters. The summed E-state index contributed by atoms with van der Waals surface area (Å²) in [6, 6.07) is 0. The zero-order valence-electron chi connectivity index (χ0n) is 7.34. The molecule has 4 heteroatoms. The fourth-order valence-electron chi connectivity index (χ4n) is 1.07. The summed E-state index contributed by atoms with van der Waals surface area (Å²) in [7, 11) is 0. The quantitative estimate of drug-likeness (QED) is 0.662. The first kappa shape index (κ1) is 9.77. The Morgan fingerprint density at radius 3 is 2.54 bits per heavy atom. The zero-order chi connectivity index (χ0) is 10.0. The van der Waals surface area contributed by atoms with Crippen LogP contribution in [-0.2, 0) is 0 Å². The Hall–Kier alpha value is -1.32. The van der Waals surface area contributed by atoms with E-state index in [-0.39, 0.29) is 11.1 Å². The molecule has 0 N–H and O–H groups in total. The maximum Gasteiger partial charge on any atom is 0.266 e. The highest BCUT2D eigenvalue weighted by Gasteiger charge is 2.15. The molecule has 0 atom stereocenters. The number of carbonyl (C=O) groups is 1. The molecule has 13 heavy (non-hydrogen) atoms. The Morgan fingerprint density at radius 2 is 2.08 bits per heavy atom. The van der Waals surface area contributed by atoms with Crippen molar-refractivity contribution in [2.75, 3.05) is 0 Å². The summed E-state index contributed by atoms with van der Waals surface area (Å²) >= 11 is 0. The van der Waals surface area contributed by atoms with Crippen molar-refractivity contribution in [3.63, 3.8) is 0 Å². The monoisotopic (exact) mass is 185 g/mol. The molecule has 0 radical (unpaired) electrons. The molecule has 0 spiro atoms. The lowest BCUT2D eigenvalue weighted by atomic mass is 10.0. The predicted octanol–water partition coefficient (Wildman–Crippen LogP) is 2.45. The van der Waals surface area contributed by atoms with Crippen LogP contribution in [0.15, 0.2) is 6.20 Å². The van der Waals surface area contributed by atoms with E-state index in [0.717, 1.165) is 6.20 Å². The number of hydrogen-bond acceptors (Lipinski definition) is 2. The number of aldehydes is 1. The molecule has 0 fully saturated rings. The molecule has 0 aromatic carbocycles. The second-order valence-corrected chi connectivity index (χ2v) is 2.76. The molecule has 1 aromatic rings. The highest BCUT2D eigenvalue weighted by molar-refractivity contribution is 5.79. The second-order valence-electron chi connectivity index (χ2n) is 2.76. The summed E-state index contributed by atoms with van der Waals surface area (Å²) in [5, 5.41) is 0. The van der Waals surface area contributed by atoms with Crippen LogP contribution in [0.25, 0.3) is 0 Å². The van der Waals surface area contributed by atoms with E-state index in [1.807, 2.05) is 0 Å². The van der Waals surface area contributed by atoms with E-state index in [0.29, 0.717) is 17.5 Å². The summed E-state index contributed by atoms with van der Waals surface area (Å²) in [5.74, 6) is 0. The molecule has 0 aliphatic rings. The van der Waals surface area contributed by atoms with E-state index in [9.17, 15) is 13.6 Å². The first-order valence-electron chi connectivity index (χ1n) is 3.77. The molecule has 1 heterocycles. The number of aromatic nitrogens is 1. The van der Waals surface area contributed by atoms with Gasteiger partial charge in [0.2, 0.25) is 0 Å². The molecule has 0 amide bonds. The average Bonchev–Trinajstić information content (AvgIpc) is 2.09. The highest BCUT2D eigenvalue weighted by Crippen LogP contribution is 2.24. The van der Waals surface area contributed by atoms with Crippen molar-refractivity contribution in [3.8, 4) is 0 Å². The van der Waals surface area contributed by atoms with Gasteiger partial charge in [-0.05, 0) is 19.4 Å². The Morgan fingerprint density at radius 1 is 1.46 bits per heavy atom. The zero-order valence-corrected chi connectivity index (χ0v) is 7.34. The summed E-state index contributed by atoms with van der Waals surface area (Å²) in [6.45, 7) is 3.29. The molecule has 0 saturated heterocycles. The van der Waals surface area contributed by atoms with Crippen LogP contribution in [0.3, 0.4) is 0 Å². The Balaban J connectivity index is 3.38. The van der Waals surface area contributed by atoms with Crippen LogP contribution in [0.4, 0.5) is 8.78 Å². The largest absolute Gasteiger partial charge is 0.298 e. The number of hydrogen-bond donors (Lipinski definition) is 0. The summed E-state index contributed by atoms with van der Waals surface area (Å²) in [6.07, 6.45) is -1.14. The van der Waals surface area contributed by atoms with Gasteiger partial charge in [-0.2, -0.15) is 0 Å².